The molecule has 0 aliphatic rings. The predicted octanol–water partition coefficient (Wildman–Crippen LogP) is 4.15. The first-order valence-electron chi connectivity index (χ1n) is 6.64. The van der Waals surface area contributed by atoms with Gasteiger partial charge in [-0.15, -0.1) is 10.2 Å². The highest BCUT2D eigenvalue weighted by Gasteiger charge is 2.10. The van der Waals surface area contributed by atoms with Crippen LogP contribution in [0.2, 0.25) is 0 Å². The van der Waals surface area contributed by atoms with E-state index in [-0.39, 0.29) is 5.91 Å². The number of anilines is 1. The normalized spacial score (nSPS) is 10.4. The van der Waals surface area contributed by atoms with E-state index >= 15 is 0 Å². The third-order valence-corrected chi connectivity index (χ3v) is 4.39. The van der Waals surface area contributed by atoms with Gasteiger partial charge in [-0.2, -0.15) is 0 Å². The summed E-state index contributed by atoms with van der Waals surface area (Å²) in [6.45, 7) is 0. The summed E-state index contributed by atoms with van der Waals surface area (Å²) in [6.07, 6.45) is 0.327. The van der Waals surface area contributed by atoms with Gasteiger partial charge in [0, 0.05) is 10.0 Å². The second-order valence-corrected chi connectivity index (χ2v) is 6.52. The van der Waals surface area contributed by atoms with Gasteiger partial charge in [-0.1, -0.05) is 69.7 Å². The summed E-state index contributed by atoms with van der Waals surface area (Å²) < 4.78 is 1.01. The molecule has 0 saturated heterocycles. The van der Waals surface area contributed by atoms with Gasteiger partial charge in [0.05, 0.1) is 6.42 Å². The Hall–Kier alpha value is -2.05. The fraction of sp³-hybridized carbons (Fsp3) is 0.0625. The van der Waals surface area contributed by atoms with Gasteiger partial charge >= 0.3 is 0 Å². The van der Waals surface area contributed by atoms with Crippen LogP contribution in [0.1, 0.15) is 5.56 Å². The number of amides is 1. The predicted molar refractivity (Wildman–Crippen MR) is 91.8 cm³/mol. The van der Waals surface area contributed by atoms with Crippen molar-refractivity contribution in [1.82, 2.24) is 10.2 Å². The van der Waals surface area contributed by atoms with E-state index in [1.807, 2.05) is 54.6 Å². The number of carbonyl (C=O) groups excluding carboxylic acids is 1. The summed E-state index contributed by atoms with van der Waals surface area (Å²) >= 11 is 4.76. The molecule has 1 amide bonds. The molecule has 0 fully saturated rings. The van der Waals surface area contributed by atoms with Crippen molar-refractivity contribution in [2.24, 2.45) is 0 Å². The molecule has 0 saturated carbocycles. The van der Waals surface area contributed by atoms with Gasteiger partial charge in [-0.25, -0.2) is 0 Å². The van der Waals surface area contributed by atoms with Gasteiger partial charge in [-0.05, 0) is 17.7 Å². The summed E-state index contributed by atoms with van der Waals surface area (Å²) in [5.74, 6) is -0.0929. The van der Waals surface area contributed by atoms with E-state index in [0.29, 0.717) is 11.6 Å². The minimum absolute atomic E-state index is 0.0929. The number of aromatic nitrogens is 2. The molecule has 3 rings (SSSR count). The van der Waals surface area contributed by atoms with E-state index < -0.39 is 0 Å². The third kappa shape index (κ3) is 3.78. The summed E-state index contributed by atoms with van der Waals surface area (Å²) in [5.41, 5.74) is 1.95. The fourth-order valence-electron chi connectivity index (χ4n) is 1.93. The van der Waals surface area contributed by atoms with E-state index in [0.717, 1.165) is 20.6 Å². The van der Waals surface area contributed by atoms with E-state index in [1.54, 1.807) is 0 Å². The van der Waals surface area contributed by atoms with Gasteiger partial charge in [0.1, 0.15) is 5.01 Å². The first kappa shape index (κ1) is 14.9. The van der Waals surface area contributed by atoms with E-state index in [9.17, 15) is 4.79 Å². The summed E-state index contributed by atoms with van der Waals surface area (Å²) in [5, 5.41) is 12.2. The van der Waals surface area contributed by atoms with E-state index in [4.69, 9.17) is 0 Å². The molecule has 2 aromatic carbocycles. The molecular weight excluding hydrogens is 362 g/mol. The van der Waals surface area contributed by atoms with Crippen molar-refractivity contribution in [2.45, 2.75) is 6.42 Å². The van der Waals surface area contributed by atoms with Gasteiger partial charge in [0.25, 0.3) is 0 Å². The number of hydrogen-bond donors (Lipinski definition) is 1. The van der Waals surface area contributed by atoms with Crippen molar-refractivity contribution in [3.8, 4) is 10.6 Å². The minimum atomic E-state index is -0.0929. The van der Waals surface area contributed by atoms with Crippen molar-refractivity contribution in [3.63, 3.8) is 0 Å². The molecule has 0 spiro atoms. The maximum Gasteiger partial charge on any atom is 0.230 e. The van der Waals surface area contributed by atoms with Crippen molar-refractivity contribution in [2.75, 3.05) is 5.32 Å². The highest BCUT2D eigenvalue weighted by molar-refractivity contribution is 9.10. The molecule has 0 atom stereocenters. The Morgan fingerprint density at radius 2 is 1.77 bits per heavy atom. The maximum absolute atomic E-state index is 12.0. The number of hydrogen-bond acceptors (Lipinski definition) is 4. The fourth-order valence-corrected chi connectivity index (χ4v) is 2.96. The Balaban J connectivity index is 1.66. The molecule has 1 aromatic heterocycles. The van der Waals surface area contributed by atoms with Gasteiger partial charge in [0.2, 0.25) is 11.0 Å². The standard InChI is InChI=1S/C16H12BrN3OS/c17-13-8-6-12(7-9-13)15-19-20-16(22-15)18-14(21)10-11-4-2-1-3-5-11/h1-9H,10H2,(H,18,20,21). The van der Waals surface area contributed by atoms with Crippen LogP contribution in [0.5, 0.6) is 0 Å². The number of nitrogens with one attached hydrogen (secondary N) is 1. The van der Waals surface area contributed by atoms with E-state index in [2.05, 4.69) is 31.4 Å². The van der Waals surface area contributed by atoms with E-state index in [1.165, 1.54) is 11.3 Å². The second-order valence-electron chi connectivity index (χ2n) is 4.63. The molecule has 1 heterocycles. The number of rotatable bonds is 4. The smallest absolute Gasteiger partial charge is 0.230 e. The highest BCUT2D eigenvalue weighted by Crippen LogP contribution is 2.27. The lowest BCUT2D eigenvalue weighted by atomic mass is 10.1. The molecule has 0 aliphatic heterocycles. The molecule has 1 N–H and O–H groups in total. The molecular formula is C16H12BrN3OS. The first-order valence-corrected chi connectivity index (χ1v) is 8.25. The summed E-state index contributed by atoms with van der Waals surface area (Å²) in [7, 11) is 0. The van der Waals surface area contributed by atoms with Gasteiger partial charge < -0.3 is 5.32 Å². The quantitative estimate of drug-likeness (QED) is 0.747. The van der Waals surface area contributed by atoms with Crippen LogP contribution in [-0.2, 0) is 11.2 Å². The molecule has 22 heavy (non-hydrogen) atoms. The van der Waals surface area contributed by atoms with Gasteiger partial charge in [-0.3, -0.25) is 4.79 Å². The van der Waals surface area contributed by atoms with Crippen LogP contribution < -0.4 is 5.32 Å². The Morgan fingerprint density at radius 3 is 2.50 bits per heavy atom. The topological polar surface area (TPSA) is 54.9 Å². The van der Waals surface area contributed by atoms with Crippen LogP contribution in [-0.4, -0.2) is 16.1 Å². The number of carbonyl (C=O) groups is 1. The molecule has 6 heteroatoms. The zero-order chi connectivity index (χ0) is 15.4. The van der Waals surface area contributed by atoms with Crippen molar-refractivity contribution in [3.05, 3.63) is 64.6 Å². The maximum atomic E-state index is 12.0. The largest absolute Gasteiger partial charge is 0.300 e. The number of benzene rings is 2. The Labute approximate surface area is 140 Å². The lowest BCUT2D eigenvalue weighted by molar-refractivity contribution is -0.115. The van der Waals surface area contributed by atoms with Crippen LogP contribution in [0.4, 0.5) is 5.13 Å². The van der Waals surface area contributed by atoms with Crippen molar-refractivity contribution < 1.29 is 4.79 Å². The van der Waals surface area contributed by atoms with Crippen molar-refractivity contribution in [1.29, 1.82) is 0 Å². The molecule has 0 unspecified atom stereocenters. The molecule has 3 aromatic rings. The minimum Gasteiger partial charge on any atom is -0.300 e. The Bertz CT molecular complexity index is 772. The third-order valence-electron chi connectivity index (χ3n) is 2.97. The zero-order valence-electron chi connectivity index (χ0n) is 11.5. The second kappa shape index (κ2) is 6.81. The van der Waals surface area contributed by atoms with Crippen LogP contribution in [0.3, 0.4) is 0 Å². The Kier molecular flexibility index (Phi) is 4.60. The van der Waals surface area contributed by atoms with Crippen LogP contribution in [0, 0.1) is 0 Å². The Morgan fingerprint density at radius 1 is 1.05 bits per heavy atom. The highest BCUT2D eigenvalue weighted by atomic mass is 79.9. The lowest BCUT2D eigenvalue weighted by Gasteiger charge is -2.00. The van der Waals surface area contributed by atoms with Gasteiger partial charge in [0.15, 0.2) is 0 Å². The molecule has 0 radical (unpaired) electrons. The summed E-state index contributed by atoms with van der Waals surface area (Å²) in [4.78, 5) is 12.0. The molecule has 4 nitrogen and oxygen atoms in total. The van der Waals surface area contributed by atoms with Crippen LogP contribution in [0.15, 0.2) is 59.1 Å². The monoisotopic (exact) mass is 373 g/mol. The van der Waals surface area contributed by atoms with Crippen molar-refractivity contribution >= 4 is 38.3 Å². The molecule has 0 bridgehead atoms. The lowest BCUT2D eigenvalue weighted by Crippen LogP contribution is -2.14. The molecule has 0 aliphatic carbocycles. The number of nitrogens with zero attached hydrogens (tertiary/aromatic N) is 2. The zero-order valence-corrected chi connectivity index (χ0v) is 13.9. The summed E-state index contributed by atoms with van der Waals surface area (Å²) in [6, 6.07) is 17.4. The molecule has 110 valence electrons. The van der Waals surface area contributed by atoms with Crippen LogP contribution >= 0.6 is 27.3 Å². The first-order chi connectivity index (χ1) is 10.7. The average Bonchev–Trinajstić information content (AvgIpc) is 2.97. The average molecular weight is 374 g/mol. The van der Waals surface area contributed by atoms with Crippen LogP contribution in [0.25, 0.3) is 10.6 Å². The SMILES string of the molecule is O=C(Cc1ccccc1)Nc1nnc(-c2ccc(Br)cc2)s1. The number of halogens is 1.